The van der Waals surface area contributed by atoms with Crippen LogP contribution in [-0.2, 0) is 19.7 Å². The van der Waals surface area contributed by atoms with Crippen LogP contribution in [0, 0.1) is 11.3 Å². The summed E-state index contributed by atoms with van der Waals surface area (Å²) in [4.78, 5) is 0. The molecule has 5 heteroatoms. The molecule has 0 aromatic rings. The van der Waals surface area contributed by atoms with Gasteiger partial charge in [0.15, 0.2) is 0 Å². The van der Waals surface area contributed by atoms with E-state index < -0.39 is 11.4 Å². The van der Waals surface area contributed by atoms with Crippen LogP contribution in [0.25, 0.3) is 0 Å². The summed E-state index contributed by atoms with van der Waals surface area (Å²) < 4.78 is 18.9. The zero-order valence-electron chi connectivity index (χ0n) is 4.99. The van der Waals surface area contributed by atoms with Gasteiger partial charge in [-0.15, -0.1) is 0 Å². The quantitative estimate of drug-likeness (QED) is 0.533. The van der Waals surface area contributed by atoms with Gasteiger partial charge in [-0.1, -0.05) is 0 Å². The molecule has 1 atom stereocenters. The Kier molecular flexibility index (Phi) is 5.41. The fourth-order valence-corrected chi connectivity index (χ4v) is 0.519. The van der Waals surface area contributed by atoms with Crippen LogP contribution in [0.4, 0.5) is 0 Å². The Balaban J connectivity index is 3.09. The van der Waals surface area contributed by atoms with E-state index in [2.05, 4.69) is 8.37 Å². The Hall–Kier alpha value is -0.440. The Morgan fingerprint density at radius 2 is 2.44 bits per heavy atom. The van der Waals surface area contributed by atoms with Crippen LogP contribution >= 0.6 is 0 Å². The number of nitrogens with zero attached hydrogens (tertiary/aromatic N) is 1. The minimum atomic E-state index is -1.68. The fourth-order valence-electron chi connectivity index (χ4n) is 0.203. The normalized spacial score (nSPS) is 12.4. The van der Waals surface area contributed by atoms with Crippen molar-refractivity contribution in [2.75, 3.05) is 13.7 Å². The molecule has 0 saturated heterocycles. The first-order valence-corrected chi connectivity index (χ1v) is 3.27. The van der Waals surface area contributed by atoms with E-state index in [-0.39, 0.29) is 13.0 Å². The molecule has 9 heavy (non-hydrogen) atoms. The van der Waals surface area contributed by atoms with Gasteiger partial charge in [0.2, 0.25) is 0 Å². The summed E-state index contributed by atoms with van der Waals surface area (Å²) in [6, 6.07) is 1.83. The van der Waals surface area contributed by atoms with Gasteiger partial charge < -0.3 is 0 Å². The van der Waals surface area contributed by atoms with Crippen LogP contribution in [0.15, 0.2) is 0 Å². The maximum absolute atomic E-state index is 10.2. The molecule has 0 bridgehead atoms. The molecular formula is C4H7NO3S. The molecule has 0 amide bonds. The summed E-state index contributed by atoms with van der Waals surface area (Å²) in [5, 5.41) is 7.98. The molecule has 0 aliphatic carbocycles. The van der Waals surface area contributed by atoms with Crippen molar-refractivity contribution < 1.29 is 12.6 Å². The molecule has 0 N–H and O–H groups in total. The van der Waals surface area contributed by atoms with Crippen LogP contribution in [0.1, 0.15) is 6.42 Å². The Labute approximate surface area is 56.2 Å². The van der Waals surface area contributed by atoms with Gasteiger partial charge in [0, 0.05) is 0 Å². The highest BCUT2D eigenvalue weighted by atomic mass is 32.2. The lowest BCUT2D eigenvalue weighted by molar-refractivity contribution is 0.288. The molecule has 52 valence electrons. The first kappa shape index (κ1) is 8.56. The third-order valence-electron chi connectivity index (χ3n) is 0.530. The second-order valence-corrected chi connectivity index (χ2v) is 2.08. The predicted octanol–water partition coefficient (Wildman–Crippen LogP) is 0.142. The largest absolute Gasteiger partial charge is 0.304 e. The lowest BCUT2D eigenvalue weighted by Gasteiger charge is -1.94. The zero-order chi connectivity index (χ0) is 7.11. The Morgan fingerprint density at radius 3 is 2.89 bits per heavy atom. The van der Waals surface area contributed by atoms with Crippen LogP contribution in [-0.4, -0.2) is 17.9 Å². The lowest BCUT2D eigenvalue weighted by atomic mass is 10.5. The summed E-state index contributed by atoms with van der Waals surface area (Å²) in [7, 11) is 1.27. The third-order valence-corrected chi connectivity index (χ3v) is 1.16. The monoisotopic (exact) mass is 149 g/mol. The van der Waals surface area contributed by atoms with E-state index in [0.717, 1.165) is 0 Å². The first-order valence-electron chi connectivity index (χ1n) is 2.27. The highest BCUT2D eigenvalue weighted by Gasteiger charge is 1.93. The second-order valence-electron chi connectivity index (χ2n) is 1.10. The maximum atomic E-state index is 10.2. The Morgan fingerprint density at radius 1 is 1.78 bits per heavy atom. The van der Waals surface area contributed by atoms with E-state index in [1.807, 2.05) is 6.07 Å². The van der Waals surface area contributed by atoms with Gasteiger partial charge in [-0.25, -0.2) is 0 Å². The summed E-state index contributed by atoms with van der Waals surface area (Å²) in [6.45, 7) is 0.150. The molecule has 4 nitrogen and oxygen atoms in total. The van der Waals surface area contributed by atoms with E-state index in [9.17, 15) is 4.21 Å². The van der Waals surface area contributed by atoms with Crippen molar-refractivity contribution >= 4 is 11.4 Å². The SMILES string of the molecule is COS(=O)OCCC#N. The highest BCUT2D eigenvalue weighted by Crippen LogP contribution is 1.86. The minimum absolute atomic E-state index is 0.150. The molecular weight excluding hydrogens is 142 g/mol. The number of hydrogen-bond donors (Lipinski definition) is 0. The van der Waals surface area contributed by atoms with Crippen molar-refractivity contribution in [3.05, 3.63) is 0 Å². The maximum Gasteiger partial charge on any atom is 0.304 e. The smallest absolute Gasteiger partial charge is 0.272 e. The van der Waals surface area contributed by atoms with Gasteiger partial charge in [0.05, 0.1) is 26.2 Å². The van der Waals surface area contributed by atoms with Crippen molar-refractivity contribution in [1.82, 2.24) is 0 Å². The molecule has 0 heterocycles. The summed E-state index contributed by atoms with van der Waals surface area (Å²) in [6.07, 6.45) is 0.231. The molecule has 0 aromatic carbocycles. The van der Waals surface area contributed by atoms with Gasteiger partial charge in [0.25, 0.3) is 0 Å². The minimum Gasteiger partial charge on any atom is -0.272 e. The molecule has 1 unspecified atom stereocenters. The molecule has 0 rings (SSSR count). The number of hydrogen-bond acceptors (Lipinski definition) is 4. The predicted molar refractivity (Wildman–Crippen MR) is 31.3 cm³/mol. The van der Waals surface area contributed by atoms with Crippen molar-refractivity contribution in [2.45, 2.75) is 6.42 Å². The summed E-state index contributed by atoms with van der Waals surface area (Å²) in [5.74, 6) is 0. The average molecular weight is 149 g/mol. The summed E-state index contributed by atoms with van der Waals surface area (Å²) in [5.41, 5.74) is 0. The van der Waals surface area contributed by atoms with Crippen molar-refractivity contribution in [3.63, 3.8) is 0 Å². The molecule has 0 spiro atoms. The number of rotatable bonds is 4. The van der Waals surface area contributed by atoms with Crippen molar-refractivity contribution in [3.8, 4) is 6.07 Å². The van der Waals surface area contributed by atoms with Gasteiger partial charge in [-0.3, -0.25) is 8.37 Å². The molecule has 0 aliphatic rings. The molecule has 0 fully saturated rings. The second kappa shape index (κ2) is 5.69. The Bertz CT molecular complexity index is 130. The van der Waals surface area contributed by atoms with E-state index in [1.165, 1.54) is 7.11 Å². The number of nitriles is 1. The highest BCUT2D eigenvalue weighted by molar-refractivity contribution is 7.75. The molecule has 0 saturated carbocycles. The van der Waals surface area contributed by atoms with Crippen LogP contribution in [0.5, 0.6) is 0 Å². The van der Waals surface area contributed by atoms with Crippen molar-refractivity contribution in [2.24, 2.45) is 0 Å². The van der Waals surface area contributed by atoms with E-state index >= 15 is 0 Å². The van der Waals surface area contributed by atoms with E-state index in [0.29, 0.717) is 0 Å². The van der Waals surface area contributed by atoms with Gasteiger partial charge >= 0.3 is 11.4 Å². The first-order chi connectivity index (χ1) is 4.31. The van der Waals surface area contributed by atoms with Crippen molar-refractivity contribution in [1.29, 1.82) is 5.26 Å². The standard InChI is InChI=1S/C4H7NO3S/c1-7-9(6)8-4-2-3-5/h2,4H2,1H3. The van der Waals surface area contributed by atoms with Crippen LogP contribution in [0.2, 0.25) is 0 Å². The van der Waals surface area contributed by atoms with E-state index in [1.54, 1.807) is 0 Å². The lowest BCUT2D eigenvalue weighted by Crippen LogP contribution is -1.99. The van der Waals surface area contributed by atoms with Crippen LogP contribution in [0.3, 0.4) is 0 Å². The van der Waals surface area contributed by atoms with Gasteiger partial charge in [-0.05, 0) is 0 Å². The molecule has 0 radical (unpaired) electrons. The fraction of sp³-hybridized carbons (Fsp3) is 0.750. The summed E-state index contributed by atoms with van der Waals surface area (Å²) >= 11 is -1.68. The molecule has 0 aromatic heterocycles. The average Bonchev–Trinajstić information content (AvgIpc) is 1.89. The zero-order valence-corrected chi connectivity index (χ0v) is 5.81. The topological polar surface area (TPSA) is 59.3 Å². The van der Waals surface area contributed by atoms with Gasteiger partial charge in [-0.2, -0.15) is 9.47 Å². The van der Waals surface area contributed by atoms with Crippen LogP contribution < -0.4 is 0 Å². The van der Waals surface area contributed by atoms with E-state index in [4.69, 9.17) is 5.26 Å². The third kappa shape index (κ3) is 5.43. The van der Waals surface area contributed by atoms with Gasteiger partial charge in [0.1, 0.15) is 0 Å². The molecule has 0 aliphatic heterocycles.